The van der Waals surface area contributed by atoms with Crippen LogP contribution in [0.2, 0.25) is 0 Å². The van der Waals surface area contributed by atoms with Gasteiger partial charge in [0.2, 0.25) is 10.0 Å². The highest BCUT2D eigenvalue weighted by Crippen LogP contribution is 2.32. The number of halogens is 1. The van der Waals surface area contributed by atoms with E-state index in [0.717, 1.165) is 43.4 Å². The molecule has 0 N–H and O–H groups in total. The fraction of sp³-hybridized carbons (Fsp3) is 0.421. The SMILES string of the molecule is COC(=O)c1sccc1S(=O)(=O)N(Cc1ccc(F)cc1)C1CCCCC1. The highest BCUT2D eigenvalue weighted by molar-refractivity contribution is 7.89. The van der Waals surface area contributed by atoms with Gasteiger partial charge in [-0.05, 0) is 42.0 Å². The van der Waals surface area contributed by atoms with E-state index in [1.807, 2.05) is 0 Å². The van der Waals surface area contributed by atoms with Crippen LogP contribution in [0.15, 0.2) is 40.6 Å². The van der Waals surface area contributed by atoms with E-state index >= 15 is 0 Å². The number of benzene rings is 1. The van der Waals surface area contributed by atoms with Gasteiger partial charge in [-0.3, -0.25) is 0 Å². The molecule has 5 nitrogen and oxygen atoms in total. The fourth-order valence-electron chi connectivity index (χ4n) is 3.42. The summed E-state index contributed by atoms with van der Waals surface area (Å²) in [7, 11) is -2.67. The van der Waals surface area contributed by atoms with Gasteiger partial charge in [0.15, 0.2) is 0 Å². The Hall–Kier alpha value is -1.77. The molecule has 0 amide bonds. The molecule has 1 aromatic heterocycles. The molecular formula is C19H22FNO4S2. The van der Waals surface area contributed by atoms with Gasteiger partial charge in [0.05, 0.1) is 7.11 Å². The standard InChI is InChI=1S/C19H22FNO4S2/c1-25-19(22)18-17(11-12-26-18)27(23,24)21(16-5-3-2-4-6-16)13-14-7-9-15(20)10-8-14/h7-12,16H,2-6,13H2,1H3. The second-order valence-corrected chi connectivity index (χ2v) is 9.35. The molecule has 1 aromatic carbocycles. The van der Waals surface area contributed by atoms with Crippen LogP contribution in [0.25, 0.3) is 0 Å². The van der Waals surface area contributed by atoms with Crippen LogP contribution in [0.5, 0.6) is 0 Å². The number of rotatable bonds is 6. The maximum absolute atomic E-state index is 13.5. The number of carbonyl (C=O) groups excluding carboxylic acids is 1. The number of hydrogen-bond acceptors (Lipinski definition) is 5. The van der Waals surface area contributed by atoms with Gasteiger partial charge in [-0.25, -0.2) is 17.6 Å². The number of hydrogen-bond donors (Lipinski definition) is 0. The van der Waals surface area contributed by atoms with Crippen molar-refractivity contribution in [2.24, 2.45) is 0 Å². The molecule has 1 heterocycles. The normalized spacial score (nSPS) is 15.8. The van der Waals surface area contributed by atoms with E-state index in [1.165, 1.54) is 29.6 Å². The van der Waals surface area contributed by atoms with E-state index in [2.05, 4.69) is 0 Å². The van der Waals surface area contributed by atoms with Crippen LogP contribution in [-0.4, -0.2) is 31.8 Å². The van der Waals surface area contributed by atoms with Crippen molar-refractivity contribution in [1.82, 2.24) is 4.31 Å². The van der Waals surface area contributed by atoms with Crippen molar-refractivity contribution < 1.29 is 22.3 Å². The van der Waals surface area contributed by atoms with E-state index < -0.39 is 16.0 Å². The van der Waals surface area contributed by atoms with E-state index in [1.54, 1.807) is 17.5 Å². The molecule has 1 fully saturated rings. The molecule has 1 aliphatic rings. The maximum Gasteiger partial charge on any atom is 0.349 e. The zero-order valence-electron chi connectivity index (χ0n) is 15.1. The van der Waals surface area contributed by atoms with E-state index in [-0.39, 0.29) is 28.2 Å². The summed E-state index contributed by atoms with van der Waals surface area (Å²) in [6.45, 7) is 0.143. The van der Waals surface area contributed by atoms with Gasteiger partial charge in [-0.1, -0.05) is 31.4 Å². The molecule has 0 aliphatic heterocycles. The van der Waals surface area contributed by atoms with Crippen molar-refractivity contribution in [3.63, 3.8) is 0 Å². The van der Waals surface area contributed by atoms with Crippen molar-refractivity contribution in [3.05, 3.63) is 52.0 Å². The summed E-state index contributed by atoms with van der Waals surface area (Å²) in [5, 5.41) is 1.58. The molecule has 0 radical (unpaired) electrons. The van der Waals surface area contributed by atoms with Gasteiger partial charge in [0, 0.05) is 12.6 Å². The average molecular weight is 412 g/mol. The first-order valence-corrected chi connectivity index (χ1v) is 11.2. The summed E-state index contributed by atoms with van der Waals surface area (Å²) < 4.78 is 46.3. The lowest BCUT2D eigenvalue weighted by Gasteiger charge is -2.33. The van der Waals surface area contributed by atoms with Crippen LogP contribution in [0.4, 0.5) is 4.39 Å². The number of esters is 1. The maximum atomic E-state index is 13.5. The van der Waals surface area contributed by atoms with Gasteiger partial charge in [0.25, 0.3) is 0 Å². The monoisotopic (exact) mass is 411 g/mol. The average Bonchev–Trinajstić information content (AvgIpc) is 3.18. The van der Waals surface area contributed by atoms with Gasteiger partial charge in [-0.2, -0.15) is 4.31 Å². The van der Waals surface area contributed by atoms with Gasteiger partial charge < -0.3 is 4.74 Å². The Kier molecular flexibility index (Phi) is 6.29. The lowest BCUT2D eigenvalue weighted by atomic mass is 9.95. The van der Waals surface area contributed by atoms with Gasteiger partial charge >= 0.3 is 5.97 Å². The summed E-state index contributed by atoms with van der Waals surface area (Å²) in [4.78, 5) is 12.1. The predicted molar refractivity (Wildman–Crippen MR) is 102 cm³/mol. The molecule has 0 unspecified atom stereocenters. The summed E-state index contributed by atoms with van der Waals surface area (Å²) in [5.41, 5.74) is 0.709. The van der Waals surface area contributed by atoms with Crippen molar-refractivity contribution in [2.45, 2.75) is 49.6 Å². The Balaban J connectivity index is 1.99. The molecule has 1 saturated carbocycles. The topological polar surface area (TPSA) is 63.7 Å². The second kappa shape index (κ2) is 8.50. The van der Waals surface area contributed by atoms with Crippen LogP contribution in [0, 0.1) is 5.82 Å². The van der Waals surface area contributed by atoms with Crippen LogP contribution in [0.3, 0.4) is 0 Å². The molecule has 0 spiro atoms. The quantitative estimate of drug-likeness (QED) is 0.669. The Morgan fingerprint density at radius 1 is 1.19 bits per heavy atom. The Morgan fingerprint density at radius 2 is 1.85 bits per heavy atom. The van der Waals surface area contributed by atoms with Crippen molar-refractivity contribution >= 4 is 27.3 Å². The van der Waals surface area contributed by atoms with E-state index in [0.29, 0.717) is 5.56 Å². The number of ether oxygens (including phenoxy) is 1. The van der Waals surface area contributed by atoms with Crippen LogP contribution in [0.1, 0.15) is 47.3 Å². The molecule has 146 valence electrons. The molecule has 8 heteroatoms. The summed E-state index contributed by atoms with van der Waals surface area (Å²) in [6.07, 6.45) is 4.57. The highest BCUT2D eigenvalue weighted by atomic mass is 32.2. The molecule has 0 saturated heterocycles. The molecule has 1 aliphatic carbocycles. The fourth-order valence-corrected chi connectivity index (χ4v) is 6.40. The summed E-state index contributed by atoms with van der Waals surface area (Å²) in [5.74, 6) is -1.02. The van der Waals surface area contributed by atoms with Gasteiger partial charge in [0.1, 0.15) is 15.6 Å². The Morgan fingerprint density at radius 3 is 2.48 bits per heavy atom. The minimum atomic E-state index is -3.90. The van der Waals surface area contributed by atoms with Crippen molar-refractivity contribution in [2.75, 3.05) is 7.11 Å². The first-order chi connectivity index (χ1) is 12.9. The van der Waals surface area contributed by atoms with Crippen molar-refractivity contribution in [3.8, 4) is 0 Å². The molecule has 0 atom stereocenters. The number of nitrogens with zero attached hydrogens (tertiary/aromatic N) is 1. The first-order valence-electron chi connectivity index (χ1n) is 8.85. The first kappa shape index (κ1) is 20.0. The number of sulfonamides is 1. The third kappa shape index (κ3) is 4.39. The predicted octanol–water partition coefficient (Wildman–Crippen LogP) is 4.20. The molecule has 0 bridgehead atoms. The van der Waals surface area contributed by atoms with Crippen LogP contribution < -0.4 is 0 Å². The molecule has 27 heavy (non-hydrogen) atoms. The Bertz CT molecular complexity index is 887. The lowest BCUT2D eigenvalue weighted by molar-refractivity contribution is 0.0602. The zero-order chi connectivity index (χ0) is 19.4. The third-order valence-electron chi connectivity index (χ3n) is 4.82. The molecule has 3 rings (SSSR count). The van der Waals surface area contributed by atoms with Gasteiger partial charge in [-0.15, -0.1) is 11.3 Å². The van der Waals surface area contributed by atoms with Crippen LogP contribution in [-0.2, 0) is 21.3 Å². The third-order valence-corrected chi connectivity index (χ3v) is 7.78. The number of carbonyl (C=O) groups is 1. The number of thiophene rings is 1. The minimum absolute atomic E-state index is 0.0213. The number of methoxy groups -OCH3 is 1. The van der Waals surface area contributed by atoms with E-state index in [4.69, 9.17) is 4.74 Å². The van der Waals surface area contributed by atoms with Crippen molar-refractivity contribution in [1.29, 1.82) is 0 Å². The summed E-state index contributed by atoms with van der Waals surface area (Å²) in [6, 6.07) is 7.15. The molecule has 2 aromatic rings. The van der Waals surface area contributed by atoms with Crippen LogP contribution >= 0.6 is 11.3 Å². The zero-order valence-corrected chi connectivity index (χ0v) is 16.7. The van der Waals surface area contributed by atoms with E-state index in [9.17, 15) is 17.6 Å². The second-order valence-electron chi connectivity index (χ2n) is 6.57. The highest BCUT2D eigenvalue weighted by Gasteiger charge is 2.35. The minimum Gasteiger partial charge on any atom is -0.465 e. The summed E-state index contributed by atoms with van der Waals surface area (Å²) >= 11 is 1.05. The smallest absolute Gasteiger partial charge is 0.349 e. The lowest BCUT2D eigenvalue weighted by Crippen LogP contribution is -2.41. The molecular weight excluding hydrogens is 389 g/mol. The Labute approximate surface area is 162 Å². The largest absolute Gasteiger partial charge is 0.465 e.